The molecule has 1 aliphatic heterocycles. The molecule has 1 saturated heterocycles. The molecule has 0 aliphatic carbocycles. The van der Waals surface area contributed by atoms with E-state index < -0.39 is 0 Å². The number of aromatic nitrogens is 2. The van der Waals surface area contributed by atoms with Gasteiger partial charge in [-0.1, -0.05) is 18.2 Å². The van der Waals surface area contributed by atoms with Crippen LogP contribution in [0.5, 0.6) is 0 Å². The van der Waals surface area contributed by atoms with Crippen LogP contribution in [0.1, 0.15) is 5.69 Å². The molecule has 0 atom stereocenters. The van der Waals surface area contributed by atoms with Gasteiger partial charge in [0.1, 0.15) is 0 Å². The lowest BCUT2D eigenvalue weighted by molar-refractivity contribution is 0.246. The highest BCUT2D eigenvalue weighted by Gasteiger charge is 2.18. The van der Waals surface area contributed by atoms with Crippen molar-refractivity contribution >= 4 is 17.0 Å². The molecule has 3 heterocycles. The summed E-state index contributed by atoms with van der Waals surface area (Å²) in [5.41, 5.74) is 2.64. The topological polar surface area (TPSA) is 24.3 Å². The third-order valence-corrected chi connectivity index (χ3v) is 5.11. The van der Waals surface area contributed by atoms with Crippen LogP contribution in [0.4, 0.5) is 5.69 Å². The Bertz CT molecular complexity index is 727. The van der Waals surface area contributed by atoms with Crippen LogP contribution in [0.15, 0.2) is 60.2 Å². The van der Waals surface area contributed by atoms with Gasteiger partial charge < -0.3 is 4.90 Å². The molecule has 0 saturated carbocycles. The summed E-state index contributed by atoms with van der Waals surface area (Å²) in [6.07, 6.45) is 3.97. The van der Waals surface area contributed by atoms with Gasteiger partial charge in [-0.25, -0.2) is 4.98 Å². The Morgan fingerprint density at radius 3 is 2.52 bits per heavy atom. The molecule has 4 nitrogen and oxygen atoms in total. The average molecular weight is 324 g/mol. The first-order chi connectivity index (χ1) is 11.4. The van der Waals surface area contributed by atoms with Gasteiger partial charge in [-0.2, -0.15) is 0 Å². The molecule has 118 valence electrons. The van der Waals surface area contributed by atoms with E-state index in [1.54, 1.807) is 11.3 Å². The number of para-hydroxylation sites is 1. The van der Waals surface area contributed by atoms with Crippen LogP contribution >= 0.6 is 11.3 Å². The molecular weight excluding hydrogens is 304 g/mol. The van der Waals surface area contributed by atoms with E-state index in [0.29, 0.717) is 0 Å². The Balaban J connectivity index is 1.40. The molecule has 4 rings (SSSR count). The quantitative estimate of drug-likeness (QED) is 0.736. The number of hydrogen-bond acceptors (Lipinski definition) is 4. The van der Waals surface area contributed by atoms with E-state index in [2.05, 4.69) is 68.0 Å². The molecule has 0 bridgehead atoms. The van der Waals surface area contributed by atoms with Crippen molar-refractivity contribution in [1.29, 1.82) is 0 Å². The lowest BCUT2D eigenvalue weighted by Gasteiger charge is -2.36. The van der Waals surface area contributed by atoms with Crippen molar-refractivity contribution in [2.75, 3.05) is 31.1 Å². The minimum absolute atomic E-state index is 0.981. The summed E-state index contributed by atoms with van der Waals surface area (Å²) in [7, 11) is 0. The highest BCUT2D eigenvalue weighted by atomic mass is 32.1. The standard InChI is InChI=1S/C18H20N4S/c1-2-5-16(6-3-1)21-12-10-20(11-13-21)15-17-7-4-9-22(17)18-19-8-14-23-18/h1-9,14H,10-13,15H2. The Labute approximate surface area is 140 Å². The van der Waals surface area contributed by atoms with Crippen molar-refractivity contribution < 1.29 is 0 Å². The van der Waals surface area contributed by atoms with Crippen molar-refractivity contribution in [3.8, 4) is 5.13 Å². The third-order valence-electron chi connectivity index (χ3n) is 4.34. The van der Waals surface area contributed by atoms with Gasteiger partial charge in [-0.3, -0.25) is 9.47 Å². The first-order valence-corrected chi connectivity index (χ1v) is 8.86. The van der Waals surface area contributed by atoms with Crippen LogP contribution in [-0.4, -0.2) is 40.6 Å². The molecule has 23 heavy (non-hydrogen) atoms. The molecule has 0 radical (unpaired) electrons. The first-order valence-electron chi connectivity index (χ1n) is 7.98. The molecule has 0 unspecified atom stereocenters. The largest absolute Gasteiger partial charge is 0.369 e. The fourth-order valence-corrected chi connectivity index (χ4v) is 3.76. The van der Waals surface area contributed by atoms with E-state index in [-0.39, 0.29) is 0 Å². The van der Waals surface area contributed by atoms with Crippen molar-refractivity contribution in [1.82, 2.24) is 14.5 Å². The van der Waals surface area contributed by atoms with Gasteiger partial charge in [0.15, 0.2) is 5.13 Å². The predicted octanol–water partition coefficient (Wildman–Crippen LogP) is 3.26. The van der Waals surface area contributed by atoms with Gasteiger partial charge in [0, 0.05) is 61.9 Å². The summed E-state index contributed by atoms with van der Waals surface area (Å²) in [4.78, 5) is 9.41. The SMILES string of the molecule is c1ccc(N2CCN(Cc3cccn3-c3nccs3)CC2)cc1. The lowest BCUT2D eigenvalue weighted by Crippen LogP contribution is -2.46. The maximum Gasteiger partial charge on any atom is 0.193 e. The fourth-order valence-electron chi connectivity index (χ4n) is 3.10. The summed E-state index contributed by atoms with van der Waals surface area (Å²) < 4.78 is 2.20. The van der Waals surface area contributed by atoms with Gasteiger partial charge in [0.05, 0.1) is 0 Å². The summed E-state index contributed by atoms with van der Waals surface area (Å²) in [5.74, 6) is 0. The Hall–Kier alpha value is -2.11. The molecule has 1 aliphatic rings. The average Bonchev–Trinajstić information content (AvgIpc) is 3.27. The minimum Gasteiger partial charge on any atom is -0.369 e. The second-order valence-electron chi connectivity index (χ2n) is 5.78. The molecule has 0 spiro atoms. The Morgan fingerprint density at radius 2 is 1.78 bits per heavy atom. The number of hydrogen-bond donors (Lipinski definition) is 0. The second-order valence-corrected chi connectivity index (χ2v) is 6.66. The van der Waals surface area contributed by atoms with E-state index in [1.807, 2.05) is 11.6 Å². The van der Waals surface area contributed by atoms with Crippen molar-refractivity contribution in [3.63, 3.8) is 0 Å². The summed E-state index contributed by atoms with van der Waals surface area (Å²) in [6, 6.07) is 15.0. The number of thiazole rings is 1. The summed E-state index contributed by atoms with van der Waals surface area (Å²) >= 11 is 1.68. The summed E-state index contributed by atoms with van der Waals surface area (Å²) in [6.45, 7) is 5.34. The molecule has 0 amide bonds. The first kappa shape index (κ1) is 14.5. The van der Waals surface area contributed by atoms with Gasteiger partial charge in [0.25, 0.3) is 0 Å². The highest BCUT2D eigenvalue weighted by molar-refractivity contribution is 7.12. The number of benzene rings is 1. The zero-order valence-electron chi connectivity index (χ0n) is 13.0. The van der Waals surface area contributed by atoms with Crippen LogP contribution in [0.3, 0.4) is 0 Å². The van der Waals surface area contributed by atoms with Crippen molar-refractivity contribution in [2.45, 2.75) is 6.54 Å². The number of piperazine rings is 1. The normalized spacial score (nSPS) is 15.9. The molecular formula is C18H20N4S. The second kappa shape index (κ2) is 6.56. The fraction of sp³-hybridized carbons (Fsp3) is 0.278. The monoisotopic (exact) mass is 324 g/mol. The third kappa shape index (κ3) is 3.16. The molecule has 5 heteroatoms. The van der Waals surface area contributed by atoms with E-state index >= 15 is 0 Å². The van der Waals surface area contributed by atoms with Gasteiger partial charge in [-0.05, 0) is 24.3 Å². The van der Waals surface area contributed by atoms with Crippen LogP contribution in [0.25, 0.3) is 5.13 Å². The predicted molar refractivity (Wildman–Crippen MR) is 95.4 cm³/mol. The van der Waals surface area contributed by atoms with Crippen LogP contribution in [-0.2, 0) is 6.54 Å². The van der Waals surface area contributed by atoms with Crippen molar-refractivity contribution in [2.24, 2.45) is 0 Å². The molecule has 3 aromatic rings. The number of nitrogens with zero attached hydrogens (tertiary/aromatic N) is 4. The number of rotatable bonds is 4. The molecule has 1 aromatic carbocycles. The van der Waals surface area contributed by atoms with Gasteiger partial charge in [-0.15, -0.1) is 11.3 Å². The molecule has 1 fully saturated rings. The summed E-state index contributed by atoms with van der Waals surface area (Å²) in [5, 5.41) is 3.07. The van der Waals surface area contributed by atoms with Crippen LogP contribution < -0.4 is 4.90 Å². The zero-order valence-corrected chi connectivity index (χ0v) is 13.8. The number of anilines is 1. The lowest BCUT2D eigenvalue weighted by atomic mass is 10.2. The Morgan fingerprint density at radius 1 is 0.957 bits per heavy atom. The molecule has 2 aromatic heterocycles. The van der Waals surface area contributed by atoms with E-state index in [0.717, 1.165) is 37.9 Å². The van der Waals surface area contributed by atoms with Crippen LogP contribution in [0, 0.1) is 0 Å². The maximum absolute atomic E-state index is 4.42. The van der Waals surface area contributed by atoms with E-state index in [4.69, 9.17) is 0 Å². The van der Waals surface area contributed by atoms with Gasteiger partial charge >= 0.3 is 0 Å². The molecule has 0 N–H and O–H groups in total. The minimum atomic E-state index is 0.981. The van der Waals surface area contributed by atoms with E-state index in [9.17, 15) is 0 Å². The van der Waals surface area contributed by atoms with Crippen LogP contribution in [0.2, 0.25) is 0 Å². The smallest absolute Gasteiger partial charge is 0.193 e. The zero-order chi connectivity index (χ0) is 15.5. The van der Waals surface area contributed by atoms with Crippen molar-refractivity contribution in [3.05, 3.63) is 65.9 Å². The van der Waals surface area contributed by atoms with Gasteiger partial charge in [0.2, 0.25) is 0 Å². The maximum atomic E-state index is 4.42. The Kier molecular flexibility index (Phi) is 4.13. The highest BCUT2D eigenvalue weighted by Crippen LogP contribution is 2.19. The van der Waals surface area contributed by atoms with E-state index in [1.165, 1.54) is 11.4 Å².